The summed E-state index contributed by atoms with van der Waals surface area (Å²) >= 11 is 1.71. The van der Waals surface area contributed by atoms with Gasteiger partial charge in [-0.25, -0.2) is 4.98 Å². The van der Waals surface area contributed by atoms with Crippen LogP contribution in [0.2, 0.25) is 0 Å². The molecule has 2 fully saturated rings. The van der Waals surface area contributed by atoms with Crippen molar-refractivity contribution in [3.8, 4) is 0 Å². The maximum atomic E-state index is 11.7. The molecular weight excluding hydrogens is 284 g/mol. The number of carboxylic acid groups (broad SMARTS) is 1. The molecule has 0 amide bonds. The number of thiazole rings is 1. The van der Waals surface area contributed by atoms with E-state index in [9.17, 15) is 9.90 Å². The fourth-order valence-corrected chi connectivity index (χ4v) is 4.71. The summed E-state index contributed by atoms with van der Waals surface area (Å²) in [6.07, 6.45) is 2.97. The molecule has 1 aromatic rings. The lowest BCUT2D eigenvalue weighted by molar-refractivity contribution is -0.149. The van der Waals surface area contributed by atoms with Crippen molar-refractivity contribution >= 4 is 17.3 Å². The largest absolute Gasteiger partial charge is 0.481 e. The van der Waals surface area contributed by atoms with Gasteiger partial charge in [-0.05, 0) is 18.8 Å². The SMILES string of the molecule is CC(C)(C)c1nc(CN2C[C@@H]3CCC[C@@]3(C(=O)O)C2)cs1. The molecule has 21 heavy (non-hydrogen) atoms. The quantitative estimate of drug-likeness (QED) is 0.932. The third-order valence-electron chi connectivity index (χ3n) is 4.95. The van der Waals surface area contributed by atoms with Crippen LogP contribution in [-0.2, 0) is 16.8 Å². The van der Waals surface area contributed by atoms with Gasteiger partial charge in [0.05, 0.1) is 16.1 Å². The molecule has 4 nitrogen and oxygen atoms in total. The Labute approximate surface area is 130 Å². The summed E-state index contributed by atoms with van der Waals surface area (Å²) in [5.74, 6) is -0.267. The van der Waals surface area contributed by atoms with Crippen LogP contribution >= 0.6 is 11.3 Å². The zero-order valence-corrected chi connectivity index (χ0v) is 13.9. The number of rotatable bonds is 3. The minimum atomic E-state index is -0.596. The Morgan fingerprint density at radius 1 is 1.57 bits per heavy atom. The van der Waals surface area contributed by atoms with E-state index in [1.165, 1.54) is 0 Å². The molecule has 3 rings (SSSR count). The first-order valence-corrected chi connectivity index (χ1v) is 8.60. The number of hydrogen-bond acceptors (Lipinski definition) is 4. The number of carboxylic acids is 1. The van der Waals surface area contributed by atoms with Gasteiger partial charge in [0.25, 0.3) is 0 Å². The van der Waals surface area contributed by atoms with Gasteiger partial charge in [0.1, 0.15) is 0 Å². The monoisotopic (exact) mass is 308 g/mol. The van der Waals surface area contributed by atoms with Gasteiger partial charge in [-0.1, -0.05) is 27.2 Å². The number of fused-ring (bicyclic) bond motifs is 1. The van der Waals surface area contributed by atoms with Gasteiger partial charge >= 0.3 is 5.97 Å². The van der Waals surface area contributed by atoms with Crippen molar-refractivity contribution in [1.29, 1.82) is 0 Å². The Morgan fingerprint density at radius 3 is 2.90 bits per heavy atom. The third-order valence-corrected chi connectivity index (χ3v) is 6.26. The highest BCUT2D eigenvalue weighted by Crippen LogP contribution is 2.49. The van der Waals surface area contributed by atoms with Crippen LogP contribution in [0, 0.1) is 11.3 Å². The average molecular weight is 308 g/mol. The smallest absolute Gasteiger partial charge is 0.311 e. The van der Waals surface area contributed by atoms with E-state index < -0.39 is 11.4 Å². The average Bonchev–Trinajstić information content (AvgIpc) is 3.01. The van der Waals surface area contributed by atoms with Gasteiger partial charge in [-0.3, -0.25) is 9.69 Å². The molecule has 0 unspecified atom stereocenters. The maximum absolute atomic E-state index is 11.7. The number of likely N-dealkylation sites (tertiary alicyclic amines) is 1. The molecule has 2 aliphatic rings. The number of aliphatic carboxylic acids is 1. The summed E-state index contributed by atoms with van der Waals surface area (Å²) in [5.41, 5.74) is 0.695. The van der Waals surface area contributed by atoms with Crippen molar-refractivity contribution in [3.05, 3.63) is 16.1 Å². The zero-order chi connectivity index (χ0) is 15.3. The molecule has 116 valence electrons. The van der Waals surface area contributed by atoms with Crippen molar-refractivity contribution in [2.24, 2.45) is 11.3 Å². The number of carbonyl (C=O) groups is 1. The molecule has 1 aliphatic carbocycles. The van der Waals surface area contributed by atoms with Crippen LogP contribution in [0.25, 0.3) is 0 Å². The van der Waals surface area contributed by atoms with E-state index in [2.05, 4.69) is 31.1 Å². The van der Waals surface area contributed by atoms with Crippen LogP contribution < -0.4 is 0 Å². The van der Waals surface area contributed by atoms with E-state index in [1.54, 1.807) is 11.3 Å². The molecule has 1 aliphatic heterocycles. The third kappa shape index (κ3) is 2.61. The minimum absolute atomic E-state index is 0.0900. The van der Waals surface area contributed by atoms with Crippen LogP contribution in [0.5, 0.6) is 0 Å². The predicted molar refractivity (Wildman–Crippen MR) is 83.5 cm³/mol. The van der Waals surface area contributed by atoms with Gasteiger partial charge in [0, 0.05) is 30.4 Å². The molecule has 0 bridgehead atoms. The summed E-state index contributed by atoms with van der Waals surface area (Å²) in [5, 5.41) is 12.9. The minimum Gasteiger partial charge on any atom is -0.481 e. The molecular formula is C16H24N2O2S. The summed E-state index contributed by atoms with van der Waals surface area (Å²) in [6, 6.07) is 0. The second-order valence-electron chi connectivity index (χ2n) is 7.61. The van der Waals surface area contributed by atoms with E-state index in [0.717, 1.165) is 43.1 Å². The molecule has 5 heteroatoms. The first-order chi connectivity index (χ1) is 9.81. The fourth-order valence-electron chi connectivity index (χ4n) is 3.82. The van der Waals surface area contributed by atoms with Gasteiger partial charge in [0.2, 0.25) is 0 Å². The fraction of sp³-hybridized carbons (Fsp3) is 0.750. The molecule has 0 aromatic carbocycles. The summed E-state index contributed by atoms with van der Waals surface area (Å²) in [7, 11) is 0. The van der Waals surface area contributed by atoms with E-state index >= 15 is 0 Å². The van der Waals surface area contributed by atoms with E-state index in [0.29, 0.717) is 12.5 Å². The highest BCUT2D eigenvalue weighted by Gasteiger charge is 2.54. The Kier molecular flexibility index (Phi) is 3.61. The highest BCUT2D eigenvalue weighted by molar-refractivity contribution is 7.09. The second kappa shape index (κ2) is 5.06. The van der Waals surface area contributed by atoms with Crippen molar-refractivity contribution in [1.82, 2.24) is 9.88 Å². The van der Waals surface area contributed by atoms with Crippen molar-refractivity contribution < 1.29 is 9.90 Å². The predicted octanol–water partition coefficient (Wildman–Crippen LogP) is 3.13. The van der Waals surface area contributed by atoms with Crippen molar-refractivity contribution in [3.63, 3.8) is 0 Å². The lowest BCUT2D eigenvalue weighted by Crippen LogP contribution is -2.35. The molecule has 1 N–H and O–H groups in total. The van der Waals surface area contributed by atoms with E-state index in [-0.39, 0.29) is 5.41 Å². The standard InChI is InChI=1S/C16H24N2O2S/c1-15(2,3)13-17-12(9-21-13)8-18-7-11-5-4-6-16(11,10-18)14(19)20/h9,11H,4-8,10H2,1-3H3,(H,19,20)/t11-,16+/m0/s1. The van der Waals surface area contributed by atoms with Crippen LogP contribution in [0.4, 0.5) is 0 Å². The van der Waals surface area contributed by atoms with Gasteiger partial charge in [-0.15, -0.1) is 11.3 Å². The Morgan fingerprint density at radius 2 is 2.33 bits per heavy atom. The van der Waals surface area contributed by atoms with Crippen LogP contribution in [0.15, 0.2) is 5.38 Å². The van der Waals surface area contributed by atoms with Crippen molar-refractivity contribution in [2.45, 2.75) is 52.0 Å². The molecule has 0 radical (unpaired) electrons. The molecule has 1 aromatic heterocycles. The molecule has 1 saturated carbocycles. The molecule has 2 atom stereocenters. The van der Waals surface area contributed by atoms with Crippen LogP contribution in [-0.4, -0.2) is 34.0 Å². The molecule has 1 saturated heterocycles. The van der Waals surface area contributed by atoms with Gasteiger partial charge < -0.3 is 5.11 Å². The topological polar surface area (TPSA) is 53.4 Å². The molecule has 2 heterocycles. The van der Waals surface area contributed by atoms with Crippen LogP contribution in [0.1, 0.15) is 50.7 Å². The van der Waals surface area contributed by atoms with Crippen LogP contribution in [0.3, 0.4) is 0 Å². The number of aromatic nitrogens is 1. The van der Waals surface area contributed by atoms with Crippen molar-refractivity contribution in [2.75, 3.05) is 13.1 Å². The summed E-state index contributed by atoms with van der Waals surface area (Å²) in [6.45, 7) is 8.92. The Balaban J connectivity index is 1.70. The normalized spacial score (nSPS) is 29.8. The maximum Gasteiger partial charge on any atom is 0.311 e. The summed E-state index contributed by atoms with van der Waals surface area (Å²) in [4.78, 5) is 18.7. The van der Waals surface area contributed by atoms with E-state index in [4.69, 9.17) is 4.98 Å². The Bertz CT molecular complexity index is 549. The number of hydrogen-bond donors (Lipinski definition) is 1. The lowest BCUT2D eigenvalue weighted by Gasteiger charge is -2.23. The molecule has 0 spiro atoms. The first kappa shape index (κ1) is 15.0. The zero-order valence-electron chi connectivity index (χ0n) is 13.1. The van der Waals surface area contributed by atoms with Gasteiger partial charge in [-0.2, -0.15) is 0 Å². The Hall–Kier alpha value is -0.940. The van der Waals surface area contributed by atoms with E-state index in [1.807, 2.05) is 0 Å². The summed E-state index contributed by atoms with van der Waals surface area (Å²) < 4.78 is 0. The highest BCUT2D eigenvalue weighted by atomic mass is 32.1. The number of nitrogens with zero attached hydrogens (tertiary/aromatic N) is 2. The van der Waals surface area contributed by atoms with Gasteiger partial charge in [0.15, 0.2) is 0 Å². The second-order valence-corrected chi connectivity index (χ2v) is 8.47. The lowest BCUT2D eigenvalue weighted by atomic mass is 9.81. The first-order valence-electron chi connectivity index (χ1n) is 7.72.